The molecule has 0 aliphatic carbocycles. The molecule has 0 aliphatic rings. The Bertz CT molecular complexity index is 667. The first kappa shape index (κ1) is 14.4. The van der Waals surface area contributed by atoms with Gasteiger partial charge in [-0.25, -0.2) is 8.78 Å². The molecule has 1 aromatic carbocycles. The second-order valence-electron chi connectivity index (χ2n) is 4.63. The van der Waals surface area contributed by atoms with Gasteiger partial charge in [-0.15, -0.1) is 0 Å². The molecule has 0 fully saturated rings. The van der Waals surface area contributed by atoms with E-state index in [-0.39, 0.29) is 17.7 Å². The minimum Gasteiger partial charge on any atom is -0.313 e. The summed E-state index contributed by atoms with van der Waals surface area (Å²) in [5, 5.41) is 2.92. The van der Waals surface area contributed by atoms with Crippen molar-refractivity contribution in [1.29, 1.82) is 0 Å². The van der Waals surface area contributed by atoms with Gasteiger partial charge in [-0.2, -0.15) is 0 Å². The predicted molar refractivity (Wildman–Crippen MR) is 73.6 cm³/mol. The summed E-state index contributed by atoms with van der Waals surface area (Å²) in [5.74, 6) is -1.77. The summed E-state index contributed by atoms with van der Waals surface area (Å²) < 4.78 is 28.6. The van der Waals surface area contributed by atoms with Gasteiger partial charge in [0, 0.05) is 23.9 Å². The second-order valence-corrected chi connectivity index (χ2v) is 4.63. The smallest absolute Gasteiger partial charge is 0.253 e. The van der Waals surface area contributed by atoms with Crippen LogP contribution in [-0.2, 0) is 6.54 Å². The van der Waals surface area contributed by atoms with E-state index in [4.69, 9.17) is 0 Å². The number of benzene rings is 1. The Morgan fingerprint density at radius 2 is 2.00 bits per heavy atom. The summed E-state index contributed by atoms with van der Waals surface area (Å²) in [4.78, 5) is 12.0. The van der Waals surface area contributed by atoms with Crippen LogP contribution in [0.2, 0.25) is 0 Å². The first-order valence-corrected chi connectivity index (χ1v) is 6.32. The van der Waals surface area contributed by atoms with Crippen LogP contribution in [0, 0.1) is 18.6 Å². The van der Waals surface area contributed by atoms with Crippen LogP contribution >= 0.6 is 0 Å². The Hall–Kier alpha value is -2.01. The van der Waals surface area contributed by atoms with Crippen molar-refractivity contribution in [2.75, 3.05) is 7.05 Å². The Morgan fingerprint density at radius 3 is 2.70 bits per heavy atom. The molecule has 20 heavy (non-hydrogen) atoms. The fourth-order valence-corrected chi connectivity index (χ4v) is 2.13. The van der Waals surface area contributed by atoms with Crippen LogP contribution in [-0.4, -0.2) is 11.6 Å². The van der Waals surface area contributed by atoms with Crippen LogP contribution in [0.1, 0.15) is 17.2 Å². The van der Waals surface area contributed by atoms with Crippen LogP contribution in [0.15, 0.2) is 41.3 Å². The third kappa shape index (κ3) is 2.77. The maximum atomic E-state index is 13.8. The quantitative estimate of drug-likeness (QED) is 0.931. The van der Waals surface area contributed by atoms with E-state index in [0.717, 1.165) is 6.07 Å². The van der Waals surface area contributed by atoms with Gasteiger partial charge in [-0.1, -0.05) is 18.2 Å². The number of pyridine rings is 1. The van der Waals surface area contributed by atoms with Crippen LogP contribution in [0.5, 0.6) is 0 Å². The number of rotatable bonds is 4. The number of aryl methyl sites for hydroxylation is 1. The Kier molecular flexibility index (Phi) is 4.29. The summed E-state index contributed by atoms with van der Waals surface area (Å²) in [7, 11) is 1.65. The van der Waals surface area contributed by atoms with Crippen LogP contribution < -0.4 is 10.9 Å². The number of nitrogens with zero attached hydrogens (tertiary/aromatic N) is 1. The SMILES string of the molecule is CNC(Cn1cccc(C)c1=O)c1cccc(F)c1F. The number of likely N-dealkylation sites (N-methyl/N-ethyl adjacent to an activating group) is 1. The Morgan fingerprint density at radius 1 is 1.25 bits per heavy atom. The lowest BCUT2D eigenvalue weighted by Crippen LogP contribution is -2.29. The molecule has 3 nitrogen and oxygen atoms in total. The summed E-state index contributed by atoms with van der Waals surface area (Å²) in [6.45, 7) is 1.95. The number of hydrogen-bond donors (Lipinski definition) is 1. The topological polar surface area (TPSA) is 34.0 Å². The highest BCUT2D eigenvalue weighted by atomic mass is 19.2. The van der Waals surface area contributed by atoms with Gasteiger partial charge in [0.25, 0.3) is 5.56 Å². The molecule has 2 aromatic rings. The van der Waals surface area contributed by atoms with E-state index >= 15 is 0 Å². The van der Waals surface area contributed by atoms with Crippen molar-refractivity contribution < 1.29 is 8.78 Å². The van der Waals surface area contributed by atoms with Crippen molar-refractivity contribution >= 4 is 0 Å². The molecule has 0 spiro atoms. The van der Waals surface area contributed by atoms with Crippen molar-refractivity contribution in [3.8, 4) is 0 Å². The van der Waals surface area contributed by atoms with Crippen LogP contribution in [0.25, 0.3) is 0 Å². The summed E-state index contributed by atoms with van der Waals surface area (Å²) in [6.07, 6.45) is 1.64. The molecule has 1 unspecified atom stereocenters. The van der Waals surface area contributed by atoms with E-state index in [1.807, 2.05) is 0 Å². The monoisotopic (exact) mass is 278 g/mol. The fourth-order valence-electron chi connectivity index (χ4n) is 2.13. The number of halogens is 2. The van der Waals surface area contributed by atoms with Crippen molar-refractivity contribution in [1.82, 2.24) is 9.88 Å². The second kappa shape index (κ2) is 5.96. The molecule has 0 aliphatic heterocycles. The van der Waals surface area contributed by atoms with E-state index in [1.165, 1.54) is 16.7 Å². The zero-order chi connectivity index (χ0) is 14.7. The van der Waals surface area contributed by atoms with Crippen LogP contribution in [0.3, 0.4) is 0 Å². The van der Waals surface area contributed by atoms with Gasteiger partial charge < -0.3 is 9.88 Å². The Labute approximate surface area is 115 Å². The molecule has 0 saturated carbocycles. The third-order valence-electron chi connectivity index (χ3n) is 3.30. The molecule has 1 heterocycles. The fraction of sp³-hybridized carbons (Fsp3) is 0.267. The maximum Gasteiger partial charge on any atom is 0.253 e. The maximum absolute atomic E-state index is 13.8. The van der Waals surface area contributed by atoms with E-state index in [1.54, 1.807) is 32.3 Å². The Balaban J connectivity index is 2.36. The minimum atomic E-state index is -0.890. The third-order valence-corrected chi connectivity index (χ3v) is 3.30. The summed E-state index contributed by atoms with van der Waals surface area (Å²) >= 11 is 0. The lowest BCUT2D eigenvalue weighted by Gasteiger charge is -2.19. The number of aromatic nitrogens is 1. The molecule has 1 N–H and O–H groups in total. The van der Waals surface area contributed by atoms with Crippen molar-refractivity contribution in [3.05, 3.63) is 69.6 Å². The summed E-state index contributed by atoms with van der Waals surface area (Å²) in [5.41, 5.74) is 0.688. The first-order chi connectivity index (χ1) is 9.54. The number of nitrogens with one attached hydrogen (secondary N) is 1. The van der Waals surface area contributed by atoms with Crippen molar-refractivity contribution in [2.45, 2.75) is 19.5 Å². The van der Waals surface area contributed by atoms with Gasteiger partial charge in [-0.3, -0.25) is 4.79 Å². The molecule has 5 heteroatoms. The molecule has 0 saturated heterocycles. The highest BCUT2D eigenvalue weighted by Crippen LogP contribution is 2.20. The first-order valence-electron chi connectivity index (χ1n) is 6.32. The minimum absolute atomic E-state index is 0.135. The zero-order valence-corrected chi connectivity index (χ0v) is 11.4. The van der Waals surface area contributed by atoms with Crippen molar-refractivity contribution in [3.63, 3.8) is 0 Å². The average Bonchev–Trinajstić information content (AvgIpc) is 2.44. The van der Waals surface area contributed by atoms with E-state index in [9.17, 15) is 13.6 Å². The molecule has 1 atom stereocenters. The van der Waals surface area contributed by atoms with Gasteiger partial charge in [0.1, 0.15) is 0 Å². The highest BCUT2D eigenvalue weighted by Gasteiger charge is 2.17. The van der Waals surface area contributed by atoms with Crippen molar-refractivity contribution in [2.24, 2.45) is 0 Å². The molecule has 0 amide bonds. The van der Waals surface area contributed by atoms with Gasteiger partial charge in [0.15, 0.2) is 11.6 Å². The molecule has 1 aromatic heterocycles. The zero-order valence-electron chi connectivity index (χ0n) is 11.4. The normalized spacial score (nSPS) is 12.4. The average molecular weight is 278 g/mol. The van der Waals surface area contributed by atoms with Gasteiger partial charge in [-0.05, 0) is 26.1 Å². The lowest BCUT2D eigenvalue weighted by atomic mass is 10.1. The molecule has 0 bridgehead atoms. The molecule has 106 valence electrons. The molecular formula is C15H16F2N2O. The lowest BCUT2D eigenvalue weighted by molar-refractivity contribution is 0.442. The van der Waals surface area contributed by atoms with E-state index in [2.05, 4.69) is 5.32 Å². The highest BCUT2D eigenvalue weighted by molar-refractivity contribution is 5.22. The van der Waals surface area contributed by atoms with Gasteiger partial charge >= 0.3 is 0 Å². The van der Waals surface area contributed by atoms with E-state index in [0.29, 0.717) is 5.56 Å². The molecule has 2 rings (SSSR count). The van der Waals surface area contributed by atoms with E-state index < -0.39 is 17.7 Å². The molecular weight excluding hydrogens is 262 g/mol. The largest absolute Gasteiger partial charge is 0.313 e. The molecule has 0 radical (unpaired) electrons. The predicted octanol–water partition coefficient (Wildman–Crippen LogP) is 2.40. The number of hydrogen-bond acceptors (Lipinski definition) is 2. The van der Waals surface area contributed by atoms with Gasteiger partial charge in [0.2, 0.25) is 0 Å². The van der Waals surface area contributed by atoms with Gasteiger partial charge in [0.05, 0.1) is 6.04 Å². The van der Waals surface area contributed by atoms with Crippen LogP contribution in [0.4, 0.5) is 8.78 Å². The summed E-state index contributed by atoms with van der Waals surface area (Å²) in [6, 6.07) is 7.04. The standard InChI is InChI=1S/C15H16F2N2O/c1-10-5-4-8-19(15(10)20)9-13(18-2)11-6-3-7-12(16)14(11)17/h3-8,13,18H,9H2,1-2H3.